The van der Waals surface area contributed by atoms with Gasteiger partial charge in [0, 0.05) is 5.02 Å². The van der Waals surface area contributed by atoms with E-state index in [2.05, 4.69) is 10.1 Å². The zero-order chi connectivity index (χ0) is 15.1. The molecule has 110 valence electrons. The summed E-state index contributed by atoms with van der Waals surface area (Å²) in [6, 6.07) is 5.02. The van der Waals surface area contributed by atoms with Crippen LogP contribution in [0.25, 0.3) is 0 Å². The highest BCUT2D eigenvalue weighted by molar-refractivity contribution is 6.31. The number of amides is 1. The Morgan fingerprint density at radius 2 is 2.15 bits per heavy atom. The molecule has 0 aliphatic carbocycles. The quantitative estimate of drug-likeness (QED) is 0.755. The van der Waals surface area contributed by atoms with Crippen molar-refractivity contribution >= 4 is 23.5 Å². The van der Waals surface area contributed by atoms with Gasteiger partial charge in [0.05, 0.1) is 13.7 Å². The summed E-state index contributed by atoms with van der Waals surface area (Å²) in [5, 5.41) is 12.2. The molecule has 0 bridgehead atoms. The molecule has 0 fully saturated rings. The molecule has 0 radical (unpaired) electrons. The standard InChI is InChI=1S/C13H16ClNO5/c1-8-5-9(3-4-10(8)14)20-7-12(17)15-6-11(16)13(18)19-2/h3-5,11,16H,6-7H2,1-2H3,(H,15,17). The Morgan fingerprint density at radius 1 is 1.45 bits per heavy atom. The van der Waals surface area contributed by atoms with Gasteiger partial charge in [-0.25, -0.2) is 4.79 Å². The van der Waals surface area contributed by atoms with Crippen LogP contribution in [0.3, 0.4) is 0 Å². The van der Waals surface area contributed by atoms with Crippen LogP contribution < -0.4 is 10.1 Å². The number of hydrogen-bond donors (Lipinski definition) is 2. The lowest BCUT2D eigenvalue weighted by molar-refractivity contribution is -0.150. The number of methoxy groups -OCH3 is 1. The molecule has 7 heteroatoms. The largest absolute Gasteiger partial charge is 0.484 e. The third-order valence-corrected chi connectivity index (χ3v) is 2.89. The minimum absolute atomic E-state index is 0.227. The molecule has 0 aromatic heterocycles. The van der Waals surface area contributed by atoms with Crippen LogP contribution in [0, 0.1) is 6.92 Å². The summed E-state index contributed by atoms with van der Waals surface area (Å²) in [5.74, 6) is -0.754. The van der Waals surface area contributed by atoms with E-state index >= 15 is 0 Å². The molecule has 1 unspecified atom stereocenters. The first-order chi connectivity index (χ1) is 9.43. The second-order valence-corrected chi connectivity index (χ2v) is 4.45. The fourth-order valence-corrected chi connectivity index (χ4v) is 1.45. The van der Waals surface area contributed by atoms with Crippen LogP contribution in [0.15, 0.2) is 18.2 Å². The lowest BCUT2D eigenvalue weighted by atomic mass is 10.2. The number of aliphatic hydroxyl groups excluding tert-OH is 1. The number of esters is 1. The van der Waals surface area contributed by atoms with Gasteiger partial charge in [-0.05, 0) is 30.7 Å². The average molecular weight is 302 g/mol. The highest BCUT2D eigenvalue weighted by Gasteiger charge is 2.16. The molecule has 1 atom stereocenters. The summed E-state index contributed by atoms with van der Waals surface area (Å²) in [4.78, 5) is 22.4. The molecule has 6 nitrogen and oxygen atoms in total. The molecule has 1 aromatic carbocycles. The minimum Gasteiger partial charge on any atom is -0.484 e. The number of carbonyl (C=O) groups is 2. The van der Waals surface area contributed by atoms with Gasteiger partial charge >= 0.3 is 5.97 Å². The summed E-state index contributed by atoms with van der Waals surface area (Å²) in [5.41, 5.74) is 0.839. The highest BCUT2D eigenvalue weighted by Crippen LogP contribution is 2.20. The monoisotopic (exact) mass is 301 g/mol. The molecular formula is C13H16ClNO5. The molecule has 0 saturated heterocycles. The van der Waals surface area contributed by atoms with Crippen molar-refractivity contribution in [2.45, 2.75) is 13.0 Å². The van der Waals surface area contributed by atoms with E-state index in [1.807, 2.05) is 6.92 Å². The van der Waals surface area contributed by atoms with Crippen LogP contribution >= 0.6 is 11.6 Å². The van der Waals surface area contributed by atoms with E-state index in [4.69, 9.17) is 16.3 Å². The predicted molar refractivity (Wildman–Crippen MR) is 72.7 cm³/mol. The summed E-state index contributed by atoms with van der Waals surface area (Å²) >= 11 is 5.86. The van der Waals surface area contributed by atoms with Crippen molar-refractivity contribution in [2.75, 3.05) is 20.3 Å². The zero-order valence-corrected chi connectivity index (χ0v) is 11.9. The highest BCUT2D eigenvalue weighted by atomic mass is 35.5. The Bertz CT molecular complexity index is 492. The Morgan fingerprint density at radius 3 is 2.75 bits per heavy atom. The van der Waals surface area contributed by atoms with E-state index in [1.165, 1.54) is 0 Å². The van der Waals surface area contributed by atoms with Gasteiger partial charge in [-0.2, -0.15) is 0 Å². The second-order valence-electron chi connectivity index (χ2n) is 4.04. The van der Waals surface area contributed by atoms with Gasteiger partial charge in [0.2, 0.25) is 0 Å². The molecule has 1 aromatic rings. The van der Waals surface area contributed by atoms with Crippen molar-refractivity contribution in [3.8, 4) is 5.75 Å². The van der Waals surface area contributed by atoms with Gasteiger partial charge in [-0.3, -0.25) is 4.79 Å². The number of ether oxygens (including phenoxy) is 2. The smallest absolute Gasteiger partial charge is 0.336 e. The molecule has 0 saturated carbocycles. The topological polar surface area (TPSA) is 84.9 Å². The van der Waals surface area contributed by atoms with Crippen molar-refractivity contribution < 1.29 is 24.2 Å². The number of rotatable bonds is 6. The van der Waals surface area contributed by atoms with Gasteiger partial charge in [-0.1, -0.05) is 11.6 Å². The molecule has 2 N–H and O–H groups in total. The zero-order valence-electron chi connectivity index (χ0n) is 11.2. The number of nitrogens with one attached hydrogen (secondary N) is 1. The minimum atomic E-state index is -1.39. The number of hydrogen-bond acceptors (Lipinski definition) is 5. The van der Waals surface area contributed by atoms with Crippen molar-refractivity contribution in [1.82, 2.24) is 5.32 Å². The molecule has 0 spiro atoms. The first kappa shape index (κ1) is 16.3. The van der Waals surface area contributed by atoms with Crippen LogP contribution in [0.4, 0.5) is 0 Å². The maximum Gasteiger partial charge on any atom is 0.336 e. The Hall–Kier alpha value is -1.79. The second kappa shape index (κ2) is 7.72. The molecule has 0 aliphatic rings. The van der Waals surface area contributed by atoms with Crippen molar-refractivity contribution in [3.63, 3.8) is 0 Å². The van der Waals surface area contributed by atoms with Crippen LogP contribution in [0.5, 0.6) is 5.75 Å². The maximum atomic E-state index is 11.5. The maximum absolute atomic E-state index is 11.5. The molecular weight excluding hydrogens is 286 g/mol. The Kier molecular flexibility index (Phi) is 6.27. The van der Waals surface area contributed by atoms with Crippen molar-refractivity contribution in [2.24, 2.45) is 0 Å². The fraction of sp³-hybridized carbons (Fsp3) is 0.385. The van der Waals surface area contributed by atoms with Crippen molar-refractivity contribution in [3.05, 3.63) is 28.8 Å². The number of benzene rings is 1. The summed E-state index contributed by atoms with van der Waals surface area (Å²) < 4.78 is 9.57. The van der Waals surface area contributed by atoms with Crippen LogP contribution in [-0.2, 0) is 14.3 Å². The fourth-order valence-electron chi connectivity index (χ4n) is 1.34. The van der Waals surface area contributed by atoms with E-state index < -0.39 is 18.0 Å². The van der Waals surface area contributed by atoms with Crippen LogP contribution in [0.1, 0.15) is 5.56 Å². The normalized spacial score (nSPS) is 11.6. The Balaban J connectivity index is 2.36. The predicted octanol–water partition coefficient (Wildman–Crippen LogP) is 0.677. The van der Waals surface area contributed by atoms with Crippen molar-refractivity contribution in [1.29, 1.82) is 0 Å². The van der Waals surface area contributed by atoms with Gasteiger partial charge in [0.15, 0.2) is 12.7 Å². The average Bonchev–Trinajstić information content (AvgIpc) is 2.45. The first-order valence-electron chi connectivity index (χ1n) is 5.85. The lowest BCUT2D eigenvalue weighted by Crippen LogP contribution is -2.39. The number of halogens is 1. The summed E-state index contributed by atoms with van der Waals surface area (Å²) in [6.07, 6.45) is -1.39. The molecule has 1 amide bonds. The molecule has 0 aliphatic heterocycles. The van der Waals surface area contributed by atoms with Gasteiger partial charge in [0.25, 0.3) is 5.91 Å². The first-order valence-corrected chi connectivity index (χ1v) is 6.23. The Labute approximate surface area is 121 Å². The van der Waals surface area contributed by atoms with E-state index in [0.717, 1.165) is 12.7 Å². The third-order valence-electron chi connectivity index (χ3n) is 2.47. The van der Waals surface area contributed by atoms with E-state index in [9.17, 15) is 14.7 Å². The number of aliphatic hydroxyl groups is 1. The lowest BCUT2D eigenvalue weighted by Gasteiger charge is -2.11. The van der Waals surface area contributed by atoms with E-state index in [1.54, 1.807) is 18.2 Å². The molecule has 1 rings (SSSR count). The third kappa shape index (κ3) is 5.07. The van der Waals surface area contributed by atoms with Crippen LogP contribution in [0.2, 0.25) is 5.02 Å². The molecule has 20 heavy (non-hydrogen) atoms. The summed E-state index contributed by atoms with van der Waals surface area (Å²) in [7, 11) is 1.15. The number of aryl methyl sites for hydroxylation is 1. The van der Waals surface area contributed by atoms with Crippen LogP contribution in [-0.4, -0.2) is 43.3 Å². The molecule has 0 heterocycles. The van der Waals surface area contributed by atoms with Gasteiger partial charge in [0.1, 0.15) is 5.75 Å². The SMILES string of the molecule is COC(=O)C(O)CNC(=O)COc1ccc(Cl)c(C)c1. The van der Waals surface area contributed by atoms with E-state index in [0.29, 0.717) is 10.8 Å². The van der Waals surface area contributed by atoms with E-state index in [-0.39, 0.29) is 13.2 Å². The van der Waals surface area contributed by atoms with Gasteiger partial charge in [-0.15, -0.1) is 0 Å². The summed E-state index contributed by atoms with van der Waals surface area (Å²) in [6.45, 7) is 1.37. The van der Waals surface area contributed by atoms with Gasteiger partial charge < -0.3 is 19.9 Å². The number of carbonyl (C=O) groups excluding carboxylic acids is 2.